The molecule has 0 aromatic carbocycles. The number of nitrogens with zero attached hydrogens (tertiary/aromatic N) is 3. The Morgan fingerprint density at radius 2 is 2.06 bits per heavy atom. The van der Waals surface area contributed by atoms with Crippen molar-refractivity contribution in [1.29, 1.82) is 0 Å². The molecule has 1 aromatic rings. The minimum Gasteiger partial charge on any atom is -0.313 e. The molecule has 0 radical (unpaired) electrons. The molecule has 4 nitrogen and oxygen atoms in total. The van der Waals surface area contributed by atoms with Gasteiger partial charge in [-0.25, -0.2) is 17.6 Å². The molecule has 0 amide bonds. The van der Waals surface area contributed by atoms with Crippen molar-refractivity contribution in [3.8, 4) is 0 Å². The van der Waals surface area contributed by atoms with Crippen LogP contribution in [0.4, 0.5) is 17.6 Å². The molecular formula is C9H14F4N4S. The first-order valence-electron chi connectivity index (χ1n) is 5.20. The van der Waals surface area contributed by atoms with Gasteiger partial charge in [0.2, 0.25) is 0 Å². The van der Waals surface area contributed by atoms with Crippen molar-refractivity contribution in [3.63, 3.8) is 0 Å². The summed E-state index contributed by atoms with van der Waals surface area (Å²) in [6.45, 7) is 0.497. The molecule has 0 bridgehead atoms. The zero-order valence-electron chi connectivity index (χ0n) is 9.96. The van der Waals surface area contributed by atoms with Crippen LogP contribution in [-0.4, -0.2) is 39.9 Å². The average molecular weight is 286 g/mol. The third-order valence-electron chi connectivity index (χ3n) is 2.25. The monoisotopic (exact) mass is 286 g/mol. The standard InChI is InChI=1S/C9H14F4N4S/c1-14-5-6-15-16-8(17(6)2)18-4-3-9(12,13)7(10)11/h7,14H,3-5H2,1-2H3. The van der Waals surface area contributed by atoms with E-state index in [1.54, 1.807) is 18.7 Å². The van der Waals surface area contributed by atoms with Crippen molar-refractivity contribution in [2.75, 3.05) is 12.8 Å². The molecule has 104 valence electrons. The molecule has 1 aromatic heterocycles. The molecule has 0 unspecified atom stereocenters. The van der Waals surface area contributed by atoms with Gasteiger partial charge in [0, 0.05) is 19.2 Å². The molecule has 0 saturated heterocycles. The van der Waals surface area contributed by atoms with E-state index in [-0.39, 0.29) is 5.75 Å². The highest BCUT2D eigenvalue weighted by atomic mass is 32.2. The van der Waals surface area contributed by atoms with Crippen molar-refractivity contribution in [2.45, 2.75) is 30.5 Å². The van der Waals surface area contributed by atoms with Gasteiger partial charge in [-0.15, -0.1) is 10.2 Å². The molecule has 0 fully saturated rings. The lowest BCUT2D eigenvalue weighted by molar-refractivity contribution is -0.129. The zero-order chi connectivity index (χ0) is 13.8. The van der Waals surface area contributed by atoms with Gasteiger partial charge in [-0.3, -0.25) is 0 Å². The fourth-order valence-corrected chi connectivity index (χ4v) is 2.12. The molecule has 9 heteroatoms. The number of hydrogen-bond acceptors (Lipinski definition) is 4. The molecule has 0 spiro atoms. The van der Waals surface area contributed by atoms with E-state index in [2.05, 4.69) is 15.5 Å². The highest BCUT2D eigenvalue weighted by molar-refractivity contribution is 7.99. The van der Waals surface area contributed by atoms with Gasteiger partial charge in [-0.2, -0.15) is 0 Å². The van der Waals surface area contributed by atoms with E-state index in [4.69, 9.17) is 0 Å². The number of rotatable bonds is 7. The molecule has 0 atom stereocenters. The summed E-state index contributed by atoms with van der Waals surface area (Å²) in [6, 6.07) is 0. The van der Waals surface area contributed by atoms with Crippen LogP contribution in [0.5, 0.6) is 0 Å². The second-order valence-electron chi connectivity index (χ2n) is 3.65. The Kier molecular flexibility index (Phi) is 5.39. The number of aromatic nitrogens is 3. The number of hydrogen-bond donors (Lipinski definition) is 1. The van der Waals surface area contributed by atoms with Crippen LogP contribution in [-0.2, 0) is 13.6 Å². The first-order chi connectivity index (χ1) is 8.38. The number of nitrogens with one attached hydrogen (secondary N) is 1. The Balaban J connectivity index is 2.49. The maximum absolute atomic E-state index is 12.7. The lowest BCUT2D eigenvalue weighted by atomic mass is 10.3. The van der Waals surface area contributed by atoms with Crippen LogP contribution >= 0.6 is 11.8 Å². The highest BCUT2D eigenvalue weighted by Gasteiger charge is 2.39. The molecule has 1 rings (SSSR count). The van der Waals surface area contributed by atoms with Gasteiger partial charge in [-0.05, 0) is 7.05 Å². The van der Waals surface area contributed by atoms with Crippen LogP contribution in [0.25, 0.3) is 0 Å². The van der Waals surface area contributed by atoms with Gasteiger partial charge in [0.25, 0.3) is 0 Å². The summed E-state index contributed by atoms with van der Waals surface area (Å²) < 4.78 is 50.8. The highest BCUT2D eigenvalue weighted by Crippen LogP contribution is 2.29. The van der Waals surface area contributed by atoms with Gasteiger partial charge in [-0.1, -0.05) is 11.8 Å². The van der Waals surface area contributed by atoms with E-state index >= 15 is 0 Å². The normalized spacial score (nSPS) is 12.4. The summed E-state index contributed by atoms with van der Waals surface area (Å²) in [5, 5.41) is 11.0. The lowest BCUT2D eigenvalue weighted by Crippen LogP contribution is -2.27. The van der Waals surface area contributed by atoms with E-state index in [0.29, 0.717) is 17.5 Å². The Morgan fingerprint density at radius 3 is 2.61 bits per heavy atom. The summed E-state index contributed by atoms with van der Waals surface area (Å²) in [5.74, 6) is -3.43. The largest absolute Gasteiger partial charge is 0.313 e. The summed E-state index contributed by atoms with van der Waals surface area (Å²) in [6.07, 6.45) is -4.51. The molecule has 0 aliphatic heterocycles. The number of halogens is 4. The molecule has 0 aliphatic rings. The first kappa shape index (κ1) is 15.2. The smallest absolute Gasteiger partial charge is 0.308 e. The van der Waals surface area contributed by atoms with E-state index in [9.17, 15) is 17.6 Å². The van der Waals surface area contributed by atoms with E-state index < -0.39 is 18.8 Å². The quantitative estimate of drug-likeness (QED) is 0.614. The Bertz CT molecular complexity index is 383. The van der Waals surface area contributed by atoms with Crippen molar-refractivity contribution in [3.05, 3.63) is 5.82 Å². The fourth-order valence-electron chi connectivity index (χ4n) is 1.17. The molecule has 1 N–H and O–H groups in total. The summed E-state index contributed by atoms with van der Waals surface area (Å²) in [4.78, 5) is 0. The Morgan fingerprint density at radius 1 is 1.39 bits per heavy atom. The van der Waals surface area contributed by atoms with Gasteiger partial charge in [0.15, 0.2) is 5.16 Å². The van der Waals surface area contributed by atoms with E-state index in [1.165, 1.54) is 0 Å². The van der Waals surface area contributed by atoms with Crippen LogP contribution in [0.3, 0.4) is 0 Å². The summed E-state index contributed by atoms with van der Waals surface area (Å²) in [5.41, 5.74) is 0. The average Bonchev–Trinajstić information content (AvgIpc) is 2.62. The topological polar surface area (TPSA) is 42.7 Å². The second kappa shape index (κ2) is 6.37. The SMILES string of the molecule is CNCc1nnc(SCCC(F)(F)C(F)F)n1C. The molecule has 0 saturated carbocycles. The number of thioether (sulfide) groups is 1. The van der Waals surface area contributed by atoms with Crippen LogP contribution in [0.15, 0.2) is 5.16 Å². The summed E-state index contributed by atoms with van der Waals surface area (Å²) in [7, 11) is 3.44. The second-order valence-corrected chi connectivity index (χ2v) is 4.71. The van der Waals surface area contributed by atoms with Crippen LogP contribution < -0.4 is 5.32 Å². The predicted octanol–water partition coefficient (Wildman–Crippen LogP) is 1.92. The number of alkyl halides is 4. The Labute approximate surface area is 106 Å². The maximum Gasteiger partial charge on any atom is 0.308 e. The van der Waals surface area contributed by atoms with Crippen LogP contribution in [0.1, 0.15) is 12.2 Å². The van der Waals surface area contributed by atoms with Gasteiger partial charge in [0.05, 0.1) is 6.54 Å². The zero-order valence-corrected chi connectivity index (χ0v) is 10.8. The Hall–Kier alpha value is -0.830. The summed E-state index contributed by atoms with van der Waals surface area (Å²) >= 11 is 0.986. The molecule has 1 heterocycles. The van der Waals surface area contributed by atoms with Crippen molar-refractivity contribution in [1.82, 2.24) is 20.1 Å². The molecule has 0 aliphatic carbocycles. The van der Waals surface area contributed by atoms with Gasteiger partial charge < -0.3 is 9.88 Å². The van der Waals surface area contributed by atoms with E-state index in [0.717, 1.165) is 11.8 Å². The minimum atomic E-state index is -3.95. The minimum absolute atomic E-state index is 0.136. The first-order valence-corrected chi connectivity index (χ1v) is 6.18. The van der Waals surface area contributed by atoms with Crippen LogP contribution in [0.2, 0.25) is 0 Å². The van der Waals surface area contributed by atoms with Gasteiger partial charge in [0.1, 0.15) is 5.82 Å². The predicted molar refractivity (Wildman–Crippen MR) is 60.1 cm³/mol. The third-order valence-corrected chi connectivity index (χ3v) is 3.27. The van der Waals surface area contributed by atoms with Crippen molar-refractivity contribution >= 4 is 11.8 Å². The van der Waals surface area contributed by atoms with Crippen molar-refractivity contribution < 1.29 is 17.6 Å². The van der Waals surface area contributed by atoms with E-state index in [1.807, 2.05) is 0 Å². The molecular weight excluding hydrogens is 272 g/mol. The maximum atomic E-state index is 12.7. The molecule has 18 heavy (non-hydrogen) atoms. The van der Waals surface area contributed by atoms with Crippen LogP contribution in [0, 0.1) is 0 Å². The van der Waals surface area contributed by atoms with Gasteiger partial charge >= 0.3 is 12.3 Å². The third kappa shape index (κ3) is 3.84. The van der Waals surface area contributed by atoms with Crippen molar-refractivity contribution in [2.24, 2.45) is 7.05 Å². The lowest BCUT2D eigenvalue weighted by Gasteiger charge is -2.14. The fraction of sp³-hybridized carbons (Fsp3) is 0.778.